The third-order valence-electron chi connectivity index (χ3n) is 4.23. The number of nitrogens with zero attached hydrogens (tertiary/aromatic N) is 2. The zero-order valence-corrected chi connectivity index (χ0v) is 12.2. The summed E-state index contributed by atoms with van der Waals surface area (Å²) in [5.41, 5.74) is 2.67. The van der Waals surface area contributed by atoms with E-state index in [0.29, 0.717) is 25.1 Å². The van der Waals surface area contributed by atoms with Crippen molar-refractivity contribution in [1.82, 2.24) is 20.5 Å². The highest BCUT2D eigenvalue weighted by Gasteiger charge is 2.25. The number of hydrogen-bond acceptors (Lipinski definition) is 4. The van der Waals surface area contributed by atoms with Crippen LogP contribution < -0.4 is 10.6 Å². The fourth-order valence-corrected chi connectivity index (χ4v) is 3.00. The molecule has 0 saturated carbocycles. The lowest BCUT2D eigenvalue weighted by molar-refractivity contribution is -0.129. The number of aromatic nitrogens is 1. The molecule has 112 valence electrons. The van der Waals surface area contributed by atoms with Gasteiger partial charge in [0.2, 0.25) is 5.91 Å². The highest BCUT2D eigenvalue weighted by Crippen LogP contribution is 2.21. The monoisotopic (exact) mass is 288 g/mol. The van der Waals surface area contributed by atoms with E-state index in [4.69, 9.17) is 0 Å². The number of nitrogens with one attached hydrogen (secondary N) is 2. The summed E-state index contributed by atoms with van der Waals surface area (Å²) < 4.78 is 0. The van der Waals surface area contributed by atoms with Gasteiger partial charge in [-0.3, -0.25) is 14.6 Å². The molecule has 2 N–H and O–H groups in total. The van der Waals surface area contributed by atoms with Crippen molar-refractivity contribution in [3.63, 3.8) is 0 Å². The second kappa shape index (κ2) is 5.81. The molecule has 1 unspecified atom stereocenters. The van der Waals surface area contributed by atoms with Crippen molar-refractivity contribution >= 4 is 11.8 Å². The highest BCUT2D eigenvalue weighted by atomic mass is 16.2. The van der Waals surface area contributed by atoms with Crippen LogP contribution in [0.15, 0.2) is 12.4 Å². The largest absolute Gasteiger partial charge is 0.348 e. The van der Waals surface area contributed by atoms with Gasteiger partial charge < -0.3 is 15.5 Å². The lowest BCUT2D eigenvalue weighted by Gasteiger charge is -2.28. The normalized spacial score (nSPS) is 21.0. The van der Waals surface area contributed by atoms with Gasteiger partial charge in [-0.2, -0.15) is 0 Å². The fourth-order valence-electron chi connectivity index (χ4n) is 3.00. The molecular formula is C15H20N4O2. The van der Waals surface area contributed by atoms with E-state index in [2.05, 4.69) is 15.6 Å². The molecule has 1 fully saturated rings. The number of carbonyl (C=O) groups excluding carboxylic acids is 2. The van der Waals surface area contributed by atoms with E-state index in [0.717, 1.165) is 30.6 Å². The minimum atomic E-state index is -0.0516. The van der Waals surface area contributed by atoms with E-state index in [1.807, 2.05) is 0 Å². The molecule has 2 aliphatic rings. The second-order valence-electron chi connectivity index (χ2n) is 5.68. The Labute approximate surface area is 123 Å². The first-order chi connectivity index (χ1) is 10.1. The van der Waals surface area contributed by atoms with Crippen molar-refractivity contribution < 1.29 is 9.59 Å². The van der Waals surface area contributed by atoms with Gasteiger partial charge in [-0.05, 0) is 30.5 Å². The van der Waals surface area contributed by atoms with Crippen LogP contribution in [-0.2, 0) is 17.8 Å². The predicted molar refractivity (Wildman–Crippen MR) is 77.8 cm³/mol. The Morgan fingerprint density at radius 1 is 1.43 bits per heavy atom. The van der Waals surface area contributed by atoms with Crippen LogP contribution in [0.3, 0.4) is 0 Å². The molecule has 1 atom stereocenters. The van der Waals surface area contributed by atoms with Crippen molar-refractivity contribution in [2.75, 3.05) is 19.6 Å². The molecule has 0 aromatic carbocycles. The number of rotatable bonds is 2. The average molecular weight is 288 g/mol. The Morgan fingerprint density at radius 2 is 2.29 bits per heavy atom. The maximum atomic E-state index is 12.4. The highest BCUT2D eigenvalue weighted by molar-refractivity contribution is 5.96. The average Bonchev–Trinajstić information content (AvgIpc) is 2.98. The fraction of sp³-hybridized carbons (Fsp3) is 0.533. The summed E-state index contributed by atoms with van der Waals surface area (Å²) in [5.74, 6) is 0.0110. The van der Waals surface area contributed by atoms with Crippen molar-refractivity contribution in [3.8, 4) is 0 Å². The van der Waals surface area contributed by atoms with Gasteiger partial charge in [0.1, 0.15) is 0 Å². The van der Waals surface area contributed by atoms with Crippen molar-refractivity contribution in [2.24, 2.45) is 0 Å². The van der Waals surface area contributed by atoms with E-state index in [1.54, 1.807) is 24.2 Å². The van der Waals surface area contributed by atoms with Gasteiger partial charge in [-0.15, -0.1) is 0 Å². The number of carbonyl (C=O) groups is 2. The van der Waals surface area contributed by atoms with Gasteiger partial charge >= 0.3 is 0 Å². The molecule has 6 nitrogen and oxygen atoms in total. The topological polar surface area (TPSA) is 74.3 Å². The van der Waals surface area contributed by atoms with E-state index in [9.17, 15) is 9.59 Å². The molecule has 6 heteroatoms. The van der Waals surface area contributed by atoms with E-state index < -0.39 is 0 Å². The van der Waals surface area contributed by atoms with Gasteiger partial charge in [-0.25, -0.2) is 0 Å². The quantitative estimate of drug-likeness (QED) is 0.808. The first kappa shape index (κ1) is 14.0. The lowest BCUT2D eigenvalue weighted by Crippen LogP contribution is -2.39. The number of amides is 2. The smallest absolute Gasteiger partial charge is 0.253 e. The van der Waals surface area contributed by atoms with Gasteiger partial charge in [-0.1, -0.05) is 0 Å². The first-order valence-corrected chi connectivity index (χ1v) is 7.38. The summed E-state index contributed by atoms with van der Waals surface area (Å²) in [6.45, 7) is 4.55. The summed E-state index contributed by atoms with van der Waals surface area (Å²) >= 11 is 0. The zero-order chi connectivity index (χ0) is 14.8. The maximum absolute atomic E-state index is 12.4. The molecule has 21 heavy (non-hydrogen) atoms. The predicted octanol–water partition coefficient (Wildman–Crippen LogP) is 0.0779. The van der Waals surface area contributed by atoms with Crippen LogP contribution >= 0.6 is 0 Å². The molecule has 1 aromatic heterocycles. The van der Waals surface area contributed by atoms with Crippen LogP contribution in [0.25, 0.3) is 0 Å². The number of pyridine rings is 1. The van der Waals surface area contributed by atoms with E-state index in [1.165, 1.54) is 0 Å². The van der Waals surface area contributed by atoms with Crippen molar-refractivity contribution in [3.05, 3.63) is 29.1 Å². The van der Waals surface area contributed by atoms with Crippen LogP contribution in [0.4, 0.5) is 0 Å². The molecule has 0 spiro atoms. The molecule has 2 aliphatic heterocycles. The Bertz CT molecular complexity index is 567. The Balaban J connectivity index is 1.79. The van der Waals surface area contributed by atoms with Crippen LogP contribution in [0.5, 0.6) is 0 Å². The summed E-state index contributed by atoms with van der Waals surface area (Å²) in [6.07, 6.45) is 5.08. The van der Waals surface area contributed by atoms with Crippen LogP contribution in [0, 0.1) is 0 Å². The number of hydrogen-bond donors (Lipinski definition) is 2. The molecule has 0 radical (unpaired) electrons. The Kier molecular flexibility index (Phi) is 3.88. The molecule has 0 bridgehead atoms. The summed E-state index contributed by atoms with van der Waals surface area (Å²) in [4.78, 5) is 29.9. The summed E-state index contributed by atoms with van der Waals surface area (Å²) in [6, 6.07) is 0.200. The van der Waals surface area contributed by atoms with Crippen LogP contribution in [0.1, 0.15) is 34.8 Å². The minimum Gasteiger partial charge on any atom is -0.348 e. The molecule has 1 aromatic rings. The molecule has 0 aliphatic carbocycles. The maximum Gasteiger partial charge on any atom is 0.253 e. The minimum absolute atomic E-state index is 0.0516. The van der Waals surface area contributed by atoms with Crippen molar-refractivity contribution in [2.45, 2.75) is 32.4 Å². The lowest BCUT2D eigenvalue weighted by atomic mass is 9.96. The van der Waals surface area contributed by atoms with Crippen LogP contribution in [-0.4, -0.2) is 47.4 Å². The van der Waals surface area contributed by atoms with Gasteiger partial charge in [0.25, 0.3) is 5.91 Å². The molecule has 3 rings (SSSR count). The van der Waals surface area contributed by atoms with Gasteiger partial charge in [0.05, 0.1) is 5.56 Å². The second-order valence-corrected chi connectivity index (χ2v) is 5.68. The summed E-state index contributed by atoms with van der Waals surface area (Å²) in [7, 11) is 0. The van der Waals surface area contributed by atoms with Gasteiger partial charge in [0.15, 0.2) is 0 Å². The zero-order valence-electron chi connectivity index (χ0n) is 12.2. The third-order valence-corrected chi connectivity index (χ3v) is 4.23. The van der Waals surface area contributed by atoms with Crippen LogP contribution in [0.2, 0.25) is 0 Å². The first-order valence-electron chi connectivity index (χ1n) is 7.38. The number of fused-ring (bicyclic) bond motifs is 1. The van der Waals surface area contributed by atoms with E-state index in [-0.39, 0.29) is 17.9 Å². The standard InChI is InChI=1S/C15H20N4O2/c1-10(20)19-5-3-13-11(9-19)6-17-8-14(13)15(21)18-12-2-4-16-7-12/h6,8,12,16H,2-5,7,9H2,1H3,(H,18,21). The third kappa shape index (κ3) is 2.90. The molecule has 2 amide bonds. The van der Waals surface area contributed by atoms with Gasteiger partial charge in [0, 0.05) is 45.0 Å². The summed E-state index contributed by atoms with van der Waals surface area (Å²) in [5, 5.41) is 6.29. The SMILES string of the molecule is CC(=O)N1CCc2c(cncc2C(=O)NC2CCNC2)C1. The van der Waals surface area contributed by atoms with Crippen molar-refractivity contribution in [1.29, 1.82) is 0 Å². The molecule has 1 saturated heterocycles. The Morgan fingerprint density at radius 3 is 3.00 bits per heavy atom. The molecule has 3 heterocycles. The van der Waals surface area contributed by atoms with E-state index >= 15 is 0 Å². The Hall–Kier alpha value is -1.95. The molecular weight excluding hydrogens is 268 g/mol.